The van der Waals surface area contributed by atoms with E-state index in [1.165, 1.54) is 10.6 Å². The van der Waals surface area contributed by atoms with Crippen molar-refractivity contribution < 1.29 is 17.9 Å². The molecule has 0 aromatic heterocycles. The van der Waals surface area contributed by atoms with Crippen LogP contribution in [0.15, 0.2) is 16.6 Å². The molecule has 0 bridgehead atoms. The zero-order valence-electron chi connectivity index (χ0n) is 13.5. The van der Waals surface area contributed by atoms with Crippen LogP contribution in [0.25, 0.3) is 0 Å². The summed E-state index contributed by atoms with van der Waals surface area (Å²) in [5.74, 6) is 0.136. The molecule has 1 heterocycles. The fraction of sp³-hybridized carbons (Fsp3) is 0.533. The number of piperidine rings is 1. The van der Waals surface area contributed by atoms with Gasteiger partial charge in [-0.15, -0.1) is 0 Å². The first-order valence-corrected chi connectivity index (χ1v) is 10.6. The van der Waals surface area contributed by atoms with E-state index in [1.807, 2.05) is 6.92 Å². The molecule has 2 rings (SSSR count). The van der Waals surface area contributed by atoms with Crippen molar-refractivity contribution in [3.63, 3.8) is 0 Å². The summed E-state index contributed by atoms with van der Waals surface area (Å²) in [6.07, 6.45) is 2.17. The third-order valence-corrected chi connectivity index (χ3v) is 5.96. The number of carbonyl (C=O) groups excluding carboxylic acids is 1. The van der Waals surface area contributed by atoms with Gasteiger partial charge in [-0.1, -0.05) is 11.6 Å². The minimum absolute atomic E-state index is 0.154. The number of nitrogens with zero attached hydrogens (tertiary/aromatic N) is 1. The molecule has 1 amide bonds. The van der Waals surface area contributed by atoms with Gasteiger partial charge >= 0.3 is 0 Å². The minimum Gasteiger partial charge on any atom is -0.491 e. The highest BCUT2D eigenvalue weighted by atomic mass is 79.9. The van der Waals surface area contributed by atoms with Crippen LogP contribution < -0.4 is 10.1 Å². The summed E-state index contributed by atoms with van der Waals surface area (Å²) >= 11 is 9.43. The predicted octanol–water partition coefficient (Wildman–Crippen LogP) is 3.11. The maximum absolute atomic E-state index is 12.5. The van der Waals surface area contributed by atoms with Crippen LogP contribution in [0, 0.1) is 5.92 Å². The standard InChI is InChI=1S/C15H20BrClN2O4S/c1-3-23-14-12(16)8-11(17)9-13(14)18-15(20)10-4-6-19(7-5-10)24(2,21)22/h8-10H,3-7H2,1-2H3,(H,18,20). The SMILES string of the molecule is CCOc1c(Br)cc(Cl)cc1NC(=O)C1CCN(S(C)(=O)=O)CC1. The number of anilines is 1. The summed E-state index contributed by atoms with van der Waals surface area (Å²) in [6.45, 7) is 3.02. The van der Waals surface area contributed by atoms with Gasteiger partial charge in [0.05, 0.1) is 23.0 Å². The number of carbonyl (C=O) groups is 1. The number of halogens is 2. The number of ether oxygens (including phenoxy) is 1. The maximum Gasteiger partial charge on any atom is 0.227 e. The van der Waals surface area contributed by atoms with Crippen molar-refractivity contribution in [2.24, 2.45) is 5.92 Å². The Morgan fingerprint density at radius 3 is 2.58 bits per heavy atom. The van der Waals surface area contributed by atoms with Crippen LogP contribution in [-0.4, -0.2) is 44.6 Å². The van der Waals surface area contributed by atoms with Gasteiger partial charge in [-0.25, -0.2) is 12.7 Å². The molecule has 0 saturated carbocycles. The van der Waals surface area contributed by atoms with Crippen molar-refractivity contribution in [1.29, 1.82) is 0 Å². The highest BCUT2D eigenvalue weighted by molar-refractivity contribution is 9.10. The molecule has 0 radical (unpaired) electrons. The molecular formula is C15H20BrClN2O4S. The van der Waals surface area contributed by atoms with E-state index in [1.54, 1.807) is 12.1 Å². The van der Waals surface area contributed by atoms with E-state index in [2.05, 4.69) is 21.2 Å². The largest absolute Gasteiger partial charge is 0.491 e. The van der Waals surface area contributed by atoms with Crippen LogP contribution in [0.1, 0.15) is 19.8 Å². The summed E-state index contributed by atoms with van der Waals surface area (Å²) in [4.78, 5) is 12.5. The van der Waals surface area contributed by atoms with Gasteiger partial charge in [-0.3, -0.25) is 4.79 Å². The lowest BCUT2D eigenvalue weighted by Gasteiger charge is -2.29. The summed E-state index contributed by atoms with van der Waals surface area (Å²) in [5, 5.41) is 3.33. The molecule has 1 aromatic rings. The Labute approximate surface area is 155 Å². The number of sulfonamides is 1. The fourth-order valence-corrected chi connectivity index (χ4v) is 4.43. The number of hydrogen-bond acceptors (Lipinski definition) is 4. The lowest BCUT2D eigenvalue weighted by molar-refractivity contribution is -0.120. The molecule has 1 aliphatic heterocycles. The molecule has 1 saturated heterocycles. The van der Waals surface area contributed by atoms with E-state index >= 15 is 0 Å². The number of nitrogens with one attached hydrogen (secondary N) is 1. The Hall–Kier alpha value is -0.830. The molecule has 6 nitrogen and oxygen atoms in total. The highest BCUT2D eigenvalue weighted by Crippen LogP contribution is 2.37. The Kier molecular flexibility index (Phi) is 6.52. The molecule has 1 fully saturated rings. The van der Waals surface area contributed by atoms with Gasteiger partial charge in [0.25, 0.3) is 0 Å². The second kappa shape index (κ2) is 8.03. The zero-order chi connectivity index (χ0) is 17.9. The van der Waals surface area contributed by atoms with E-state index in [0.29, 0.717) is 53.5 Å². The van der Waals surface area contributed by atoms with Crippen molar-refractivity contribution in [1.82, 2.24) is 4.31 Å². The van der Waals surface area contributed by atoms with Gasteiger partial charge in [0.2, 0.25) is 15.9 Å². The molecule has 1 N–H and O–H groups in total. The maximum atomic E-state index is 12.5. The molecule has 9 heteroatoms. The number of benzene rings is 1. The van der Waals surface area contributed by atoms with E-state index in [9.17, 15) is 13.2 Å². The smallest absolute Gasteiger partial charge is 0.227 e. The van der Waals surface area contributed by atoms with E-state index in [0.717, 1.165) is 0 Å². The van der Waals surface area contributed by atoms with Crippen molar-refractivity contribution in [2.75, 3.05) is 31.3 Å². The van der Waals surface area contributed by atoms with E-state index in [4.69, 9.17) is 16.3 Å². The minimum atomic E-state index is -3.20. The quantitative estimate of drug-likeness (QED) is 0.765. The lowest BCUT2D eigenvalue weighted by atomic mass is 9.97. The first-order valence-electron chi connectivity index (χ1n) is 7.60. The predicted molar refractivity (Wildman–Crippen MR) is 98.1 cm³/mol. The summed E-state index contributed by atoms with van der Waals surface area (Å²) < 4.78 is 30.7. The molecule has 134 valence electrons. The topological polar surface area (TPSA) is 75.7 Å². The Morgan fingerprint density at radius 1 is 1.42 bits per heavy atom. The van der Waals surface area contributed by atoms with Crippen LogP contribution in [0.2, 0.25) is 5.02 Å². The van der Waals surface area contributed by atoms with Gasteiger partial charge in [-0.05, 0) is 47.8 Å². The van der Waals surface area contributed by atoms with Crippen LogP contribution >= 0.6 is 27.5 Å². The Morgan fingerprint density at radius 2 is 2.04 bits per heavy atom. The normalized spacial score (nSPS) is 16.8. The number of hydrogen-bond donors (Lipinski definition) is 1. The van der Waals surface area contributed by atoms with Gasteiger partial charge < -0.3 is 10.1 Å². The molecule has 1 aromatic carbocycles. The lowest BCUT2D eigenvalue weighted by Crippen LogP contribution is -2.40. The number of amides is 1. The summed E-state index contributed by atoms with van der Waals surface area (Å²) in [6, 6.07) is 3.34. The molecule has 0 unspecified atom stereocenters. The third kappa shape index (κ3) is 4.84. The van der Waals surface area contributed by atoms with E-state index in [-0.39, 0.29) is 11.8 Å². The van der Waals surface area contributed by atoms with Gasteiger partial charge in [0, 0.05) is 24.0 Å². The summed E-state index contributed by atoms with van der Waals surface area (Å²) in [7, 11) is -3.20. The van der Waals surface area contributed by atoms with Crippen molar-refractivity contribution in [3.05, 3.63) is 21.6 Å². The molecule has 1 aliphatic rings. The van der Waals surface area contributed by atoms with Crippen LogP contribution in [0.3, 0.4) is 0 Å². The average Bonchev–Trinajstić information content (AvgIpc) is 2.50. The zero-order valence-corrected chi connectivity index (χ0v) is 16.7. The highest BCUT2D eigenvalue weighted by Gasteiger charge is 2.29. The second-order valence-electron chi connectivity index (χ2n) is 5.62. The first kappa shape index (κ1) is 19.5. The monoisotopic (exact) mass is 438 g/mol. The second-order valence-corrected chi connectivity index (χ2v) is 8.90. The van der Waals surface area contributed by atoms with Gasteiger partial charge in [0.15, 0.2) is 5.75 Å². The van der Waals surface area contributed by atoms with Gasteiger partial charge in [0.1, 0.15) is 0 Å². The van der Waals surface area contributed by atoms with Crippen LogP contribution in [0.5, 0.6) is 5.75 Å². The first-order chi connectivity index (χ1) is 11.2. The molecule has 0 atom stereocenters. The molecule has 0 spiro atoms. The van der Waals surface area contributed by atoms with Gasteiger partial charge in [-0.2, -0.15) is 0 Å². The Balaban J connectivity index is 2.08. The molecule has 0 aliphatic carbocycles. The van der Waals surface area contributed by atoms with Crippen molar-refractivity contribution >= 4 is 49.1 Å². The van der Waals surface area contributed by atoms with Crippen molar-refractivity contribution in [3.8, 4) is 5.75 Å². The van der Waals surface area contributed by atoms with Crippen molar-refractivity contribution in [2.45, 2.75) is 19.8 Å². The fourth-order valence-electron chi connectivity index (χ4n) is 2.63. The van der Waals surface area contributed by atoms with E-state index < -0.39 is 10.0 Å². The number of rotatable bonds is 5. The summed E-state index contributed by atoms with van der Waals surface area (Å²) in [5.41, 5.74) is 0.506. The molecular weight excluding hydrogens is 420 g/mol. The average molecular weight is 440 g/mol. The molecule has 24 heavy (non-hydrogen) atoms. The Bertz CT molecular complexity index is 718. The third-order valence-electron chi connectivity index (χ3n) is 3.85. The van der Waals surface area contributed by atoms with Crippen LogP contribution in [-0.2, 0) is 14.8 Å². The van der Waals surface area contributed by atoms with Crippen LogP contribution in [0.4, 0.5) is 5.69 Å².